The molecule has 0 bridgehead atoms. The topological polar surface area (TPSA) is 73.5 Å². The molecule has 0 spiro atoms. The van der Waals surface area contributed by atoms with E-state index in [1.165, 1.54) is 6.33 Å². The van der Waals surface area contributed by atoms with Crippen molar-refractivity contribution in [2.75, 3.05) is 45.2 Å². The molecule has 1 fully saturated rings. The number of nitrogens with zero attached hydrogens (tertiary/aromatic N) is 3. The Bertz CT molecular complexity index is 654. The number of anilines is 1. The Hall–Kier alpha value is -2.18. The molecule has 0 radical (unpaired) electrons. The van der Waals surface area contributed by atoms with E-state index in [0.717, 1.165) is 49.5 Å². The normalized spacial score (nSPS) is 16.4. The summed E-state index contributed by atoms with van der Waals surface area (Å²) in [5.41, 5.74) is 6.59. The van der Waals surface area contributed by atoms with Gasteiger partial charge in [-0.15, -0.1) is 0 Å². The molecule has 1 aliphatic heterocycles. The van der Waals surface area contributed by atoms with Crippen LogP contribution in [0.2, 0.25) is 0 Å². The van der Waals surface area contributed by atoms with Gasteiger partial charge in [0.05, 0.1) is 18.7 Å². The lowest BCUT2D eigenvalue weighted by Gasteiger charge is -2.25. The standard InChI is InChI=1S/C16H20N4O2/c17-16-14-4-3-13(11-15(14)18-12-19-16)22-8-2-1-5-20-6-9-21-10-7-20/h1-4,11-12H,5-10H2,(H2,17,18,19)/b2-1+. The van der Waals surface area contributed by atoms with Crippen molar-refractivity contribution >= 4 is 16.7 Å². The van der Waals surface area contributed by atoms with E-state index in [-0.39, 0.29) is 0 Å². The SMILES string of the molecule is Nc1ncnc2cc(OC/C=C/CN3CCOCC3)ccc12. The van der Waals surface area contributed by atoms with E-state index in [1.807, 2.05) is 24.3 Å². The van der Waals surface area contributed by atoms with Crippen molar-refractivity contribution in [3.63, 3.8) is 0 Å². The molecule has 1 aliphatic rings. The van der Waals surface area contributed by atoms with Gasteiger partial charge < -0.3 is 15.2 Å². The van der Waals surface area contributed by atoms with Crippen molar-refractivity contribution in [1.82, 2.24) is 14.9 Å². The number of hydrogen-bond donors (Lipinski definition) is 1. The second kappa shape index (κ2) is 7.20. The lowest BCUT2D eigenvalue weighted by atomic mass is 10.2. The number of nitrogen functional groups attached to an aromatic ring is 1. The van der Waals surface area contributed by atoms with Gasteiger partial charge in [-0.25, -0.2) is 9.97 Å². The number of hydrogen-bond acceptors (Lipinski definition) is 6. The zero-order valence-electron chi connectivity index (χ0n) is 12.4. The molecule has 0 atom stereocenters. The molecule has 2 N–H and O–H groups in total. The first-order valence-electron chi connectivity index (χ1n) is 7.41. The summed E-state index contributed by atoms with van der Waals surface area (Å²) in [4.78, 5) is 10.5. The third-order valence-corrected chi connectivity index (χ3v) is 3.62. The van der Waals surface area contributed by atoms with Crippen LogP contribution in [-0.2, 0) is 4.74 Å². The maximum absolute atomic E-state index is 5.80. The van der Waals surface area contributed by atoms with Gasteiger partial charge in [-0.05, 0) is 12.1 Å². The van der Waals surface area contributed by atoms with Crippen LogP contribution >= 0.6 is 0 Å². The van der Waals surface area contributed by atoms with Crippen LogP contribution < -0.4 is 10.5 Å². The predicted molar refractivity (Wildman–Crippen MR) is 85.8 cm³/mol. The minimum absolute atomic E-state index is 0.488. The fourth-order valence-electron chi connectivity index (χ4n) is 2.37. The summed E-state index contributed by atoms with van der Waals surface area (Å²) in [6.45, 7) is 5.12. The fraction of sp³-hybridized carbons (Fsp3) is 0.375. The Morgan fingerprint density at radius 3 is 2.95 bits per heavy atom. The Kier molecular flexibility index (Phi) is 4.82. The minimum atomic E-state index is 0.488. The van der Waals surface area contributed by atoms with Crippen molar-refractivity contribution in [3.8, 4) is 5.75 Å². The smallest absolute Gasteiger partial charge is 0.134 e. The molecule has 6 heteroatoms. The zero-order valence-corrected chi connectivity index (χ0v) is 12.4. The summed E-state index contributed by atoms with van der Waals surface area (Å²) < 4.78 is 11.0. The van der Waals surface area contributed by atoms with Crippen molar-refractivity contribution in [2.45, 2.75) is 0 Å². The van der Waals surface area contributed by atoms with Crippen LogP contribution in [0.3, 0.4) is 0 Å². The van der Waals surface area contributed by atoms with Crippen molar-refractivity contribution in [3.05, 3.63) is 36.7 Å². The lowest BCUT2D eigenvalue weighted by Crippen LogP contribution is -2.36. The van der Waals surface area contributed by atoms with Crippen molar-refractivity contribution < 1.29 is 9.47 Å². The van der Waals surface area contributed by atoms with E-state index in [0.29, 0.717) is 12.4 Å². The molecule has 2 heterocycles. The average Bonchev–Trinajstić information content (AvgIpc) is 2.56. The van der Waals surface area contributed by atoms with E-state index < -0.39 is 0 Å². The zero-order chi connectivity index (χ0) is 15.2. The first-order valence-corrected chi connectivity index (χ1v) is 7.41. The molecule has 0 amide bonds. The second-order valence-electron chi connectivity index (χ2n) is 5.13. The van der Waals surface area contributed by atoms with Gasteiger partial charge in [-0.3, -0.25) is 4.90 Å². The molecule has 116 valence electrons. The van der Waals surface area contributed by atoms with Gasteiger partial charge >= 0.3 is 0 Å². The number of nitrogens with two attached hydrogens (primary N) is 1. The van der Waals surface area contributed by atoms with E-state index in [1.54, 1.807) is 0 Å². The molecule has 22 heavy (non-hydrogen) atoms. The molecule has 0 saturated carbocycles. The van der Waals surface area contributed by atoms with Crippen LogP contribution in [0.15, 0.2) is 36.7 Å². The highest BCUT2D eigenvalue weighted by Gasteiger charge is 2.07. The molecular formula is C16H20N4O2. The van der Waals surface area contributed by atoms with Crippen LogP contribution in [0.5, 0.6) is 5.75 Å². The van der Waals surface area contributed by atoms with Gasteiger partial charge in [0.2, 0.25) is 0 Å². The number of ether oxygens (including phenoxy) is 2. The number of rotatable bonds is 5. The molecular weight excluding hydrogens is 280 g/mol. The molecule has 2 aromatic rings. The molecule has 3 rings (SSSR count). The van der Waals surface area contributed by atoms with E-state index in [4.69, 9.17) is 15.2 Å². The lowest BCUT2D eigenvalue weighted by molar-refractivity contribution is 0.0434. The van der Waals surface area contributed by atoms with E-state index >= 15 is 0 Å². The van der Waals surface area contributed by atoms with Gasteiger partial charge in [-0.1, -0.05) is 12.2 Å². The molecule has 1 aromatic carbocycles. The number of benzene rings is 1. The van der Waals surface area contributed by atoms with Crippen molar-refractivity contribution in [1.29, 1.82) is 0 Å². The Morgan fingerprint density at radius 2 is 2.09 bits per heavy atom. The third-order valence-electron chi connectivity index (χ3n) is 3.62. The van der Waals surface area contributed by atoms with Crippen LogP contribution in [0, 0.1) is 0 Å². The predicted octanol–water partition coefficient (Wildman–Crippen LogP) is 1.48. The van der Waals surface area contributed by atoms with Gasteiger partial charge in [0, 0.05) is 31.1 Å². The molecule has 0 aliphatic carbocycles. The average molecular weight is 300 g/mol. The largest absolute Gasteiger partial charge is 0.489 e. The highest BCUT2D eigenvalue weighted by atomic mass is 16.5. The monoisotopic (exact) mass is 300 g/mol. The van der Waals surface area contributed by atoms with E-state index in [2.05, 4.69) is 20.9 Å². The third kappa shape index (κ3) is 3.72. The van der Waals surface area contributed by atoms with Crippen LogP contribution in [0.1, 0.15) is 0 Å². The Morgan fingerprint density at radius 1 is 1.23 bits per heavy atom. The van der Waals surface area contributed by atoms with Gasteiger partial charge in [-0.2, -0.15) is 0 Å². The van der Waals surface area contributed by atoms with Gasteiger partial charge in [0.25, 0.3) is 0 Å². The Labute approximate surface area is 129 Å². The molecule has 6 nitrogen and oxygen atoms in total. The maximum Gasteiger partial charge on any atom is 0.134 e. The van der Waals surface area contributed by atoms with Crippen LogP contribution in [0.25, 0.3) is 10.9 Å². The summed E-state index contributed by atoms with van der Waals surface area (Å²) in [7, 11) is 0. The molecule has 1 aromatic heterocycles. The highest BCUT2D eigenvalue weighted by Crippen LogP contribution is 2.21. The molecule has 0 unspecified atom stereocenters. The molecule has 1 saturated heterocycles. The minimum Gasteiger partial charge on any atom is -0.489 e. The summed E-state index contributed by atoms with van der Waals surface area (Å²) in [5, 5.41) is 0.845. The van der Waals surface area contributed by atoms with Crippen LogP contribution in [0.4, 0.5) is 5.82 Å². The first-order chi connectivity index (χ1) is 10.8. The fourth-order valence-corrected chi connectivity index (χ4v) is 2.37. The number of fused-ring (bicyclic) bond motifs is 1. The Balaban J connectivity index is 1.51. The van der Waals surface area contributed by atoms with Crippen molar-refractivity contribution in [2.24, 2.45) is 0 Å². The van der Waals surface area contributed by atoms with Gasteiger partial charge in [0.15, 0.2) is 0 Å². The second-order valence-corrected chi connectivity index (χ2v) is 5.13. The van der Waals surface area contributed by atoms with Crippen LogP contribution in [-0.4, -0.2) is 54.3 Å². The number of aromatic nitrogens is 2. The summed E-state index contributed by atoms with van der Waals surface area (Å²) >= 11 is 0. The quantitative estimate of drug-likeness (QED) is 0.843. The first kappa shape index (κ1) is 14.7. The summed E-state index contributed by atoms with van der Waals surface area (Å²) in [5.74, 6) is 1.27. The maximum atomic E-state index is 5.80. The number of morpholine rings is 1. The summed E-state index contributed by atoms with van der Waals surface area (Å²) in [6, 6.07) is 5.65. The van der Waals surface area contributed by atoms with E-state index in [9.17, 15) is 0 Å². The highest BCUT2D eigenvalue weighted by molar-refractivity contribution is 5.88. The van der Waals surface area contributed by atoms with Gasteiger partial charge in [0.1, 0.15) is 24.5 Å². The summed E-state index contributed by atoms with van der Waals surface area (Å²) in [6.07, 6.45) is 5.63.